The number of nitrogens with zero attached hydrogens (tertiary/aromatic N) is 3. The predicted molar refractivity (Wildman–Crippen MR) is 143 cm³/mol. The van der Waals surface area contributed by atoms with Gasteiger partial charge in [-0.15, -0.1) is 0 Å². The Labute approximate surface area is 223 Å². The van der Waals surface area contributed by atoms with Gasteiger partial charge in [-0.1, -0.05) is 56.6 Å². The molecule has 3 amide bonds. The van der Waals surface area contributed by atoms with Gasteiger partial charge >= 0.3 is 6.09 Å². The van der Waals surface area contributed by atoms with E-state index < -0.39 is 18.2 Å². The third-order valence-corrected chi connectivity index (χ3v) is 7.04. The average molecular weight is 527 g/mol. The van der Waals surface area contributed by atoms with Gasteiger partial charge < -0.3 is 19.9 Å². The fraction of sp³-hybridized carbons (Fsp3) is 0.464. The van der Waals surface area contributed by atoms with Crippen LogP contribution in [-0.2, 0) is 20.9 Å². The number of nitrogens with one attached hydrogen (secondary N) is 1. The third-order valence-electron chi connectivity index (χ3n) is 6.80. The Hall–Kier alpha value is -3.10. The summed E-state index contributed by atoms with van der Waals surface area (Å²) in [7, 11) is 0. The molecule has 2 aliphatic rings. The van der Waals surface area contributed by atoms with Crippen LogP contribution in [0.2, 0.25) is 5.02 Å². The van der Waals surface area contributed by atoms with E-state index in [-0.39, 0.29) is 24.3 Å². The molecule has 2 unspecified atom stereocenters. The molecule has 8 nitrogen and oxygen atoms in total. The minimum absolute atomic E-state index is 0.0837. The maximum Gasteiger partial charge on any atom is 0.411 e. The molecular formula is C28H35ClN4O4. The highest BCUT2D eigenvalue weighted by atomic mass is 35.5. The third kappa shape index (κ3) is 6.62. The second-order valence-corrected chi connectivity index (χ2v) is 10.5. The number of piperazine rings is 1. The largest absolute Gasteiger partial charge is 0.438 e. The number of likely N-dealkylation sites (N-methyl/N-ethyl adjacent to an activating group) is 1. The van der Waals surface area contributed by atoms with Crippen LogP contribution in [0.15, 0.2) is 48.5 Å². The van der Waals surface area contributed by atoms with Crippen molar-refractivity contribution in [1.82, 2.24) is 14.7 Å². The fourth-order valence-electron chi connectivity index (χ4n) is 4.87. The zero-order valence-corrected chi connectivity index (χ0v) is 22.4. The summed E-state index contributed by atoms with van der Waals surface area (Å²) in [6.07, 6.45) is -0.948. The van der Waals surface area contributed by atoms with E-state index in [1.807, 2.05) is 36.9 Å². The second kappa shape index (κ2) is 12.0. The Morgan fingerprint density at radius 1 is 1.08 bits per heavy atom. The van der Waals surface area contributed by atoms with Crippen LogP contribution in [0.3, 0.4) is 0 Å². The van der Waals surface area contributed by atoms with Crippen LogP contribution in [0.25, 0.3) is 0 Å². The highest BCUT2D eigenvalue weighted by Crippen LogP contribution is 2.36. The molecule has 0 spiro atoms. The summed E-state index contributed by atoms with van der Waals surface area (Å²) in [5, 5.41) is 3.48. The van der Waals surface area contributed by atoms with E-state index in [0.717, 1.165) is 25.2 Å². The van der Waals surface area contributed by atoms with Crippen molar-refractivity contribution in [3.05, 3.63) is 64.7 Å². The lowest BCUT2D eigenvalue weighted by molar-refractivity contribution is -0.138. The van der Waals surface area contributed by atoms with Crippen molar-refractivity contribution in [2.75, 3.05) is 38.0 Å². The van der Waals surface area contributed by atoms with Crippen LogP contribution >= 0.6 is 11.6 Å². The van der Waals surface area contributed by atoms with Crippen molar-refractivity contribution in [3.8, 4) is 0 Å². The number of anilines is 1. The lowest BCUT2D eigenvalue weighted by Crippen LogP contribution is -2.54. The summed E-state index contributed by atoms with van der Waals surface area (Å²) in [6.45, 7) is 9.99. The van der Waals surface area contributed by atoms with Crippen LogP contribution in [-0.4, -0.2) is 71.4 Å². The summed E-state index contributed by atoms with van der Waals surface area (Å²) in [5.74, 6) is 0.0108. The summed E-state index contributed by atoms with van der Waals surface area (Å²) in [4.78, 5) is 45.0. The number of hydrogen-bond acceptors (Lipinski definition) is 5. The molecule has 0 aliphatic carbocycles. The predicted octanol–water partition coefficient (Wildman–Crippen LogP) is 4.55. The van der Waals surface area contributed by atoms with Crippen molar-refractivity contribution in [3.63, 3.8) is 0 Å². The number of benzene rings is 2. The van der Waals surface area contributed by atoms with Gasteiger partial charge in [-0.3, -0.25) is 14.5 Å². The van der Waals surface area contributed by atoms with Crippen molar-refractivity contribution < 1.29 is 19.1 Å². The molecule has 9 heteroatoms. The van der Waals surface area contributed by atoms with E-state index in [2.05, 4.69) is 17.1 Å². The molecule has 0 aromatic heterocycles. The quantitative estimate of drug-likeness (QED) is 0.545. The van der Waals surface area contributed by atoms with E-state index in [1.165, 1.54) is 4.90 Å². The van der Waals surface area contributed by atoms with Crippen molar-refractivity contribution in [2.45, 2.75) is 45.9 Å². The SMILES string of the molecule is CCN1CCN(C(=O)C2C(c3cccc(NC(=O)CC(C)C)c3)OC(=O)N2Cc2cccc(Cl)c2)CC1. The molecule has 2 fully saturated rings. The minimum atomic E-state index is -0.832. The van der Waals surface area contributed by atoms with Gasteiger partial charge in [0.05, 0.1) is 6.54 Å². The van der Waals surface area contributed by atoms with Gasteiger partial charge in [-0.2, -0.15) is 0 Å². The van der Waals surface area contributed by atoms with Gasteiger partial charge in [-0.05, 0) is 47.9 Å². The first-order chi connectivity index (χ1) is 17.7. The first-order valence-electron chi connectivity index (χ1n) is 12.9. The Balaban J connectivity index is 1.62. The molecule has 0 radical (unpaired) electrons. The number of halogens is 1. The highest BCUT2D eigenvalue weighted by molar-refractivity contribution is 6.30. The molecule has 198 valence electrons. The fourth-order valence-corrected chi connectivity index (χ4v) is 5.09. The summed E-state index contributed by atoms with van der Waals surface area (Å²) >= 11 is 6.18. The number of rotatable bonds is 8. The number of ether oxygens (including phenoxy) is 1. The van der Waals surface area contributed by atoms with E-state index in [0.29, 0.717) is 35.8 Å². The zero-order chi connectivity index (χ0) is 26.5. The van der Waals surface area contributed by atoms with E-state index in [1.54, 1.807) is 30.3 Å². The van der Waals surface area contributed by atoms with Crippen LogP contribution in [0.4, 0.5) is 10.5 Å². The lowest BCUT2D eigenvalue weighted by atomic mass is 9.99. The molecule has 2 aliphatic heterocycles. The monoisotopic (exact) mass is 526 g/mol. The Morgan fingerprint density at radius 2 is 1.81 bits per heavy atom. The smallest absolute Gasteiger partial charge is 0.411 e. The number of carbonyl (C=O) groups excluding carboxylic acids is 3. The van der Waals surface area contributed by atoms with Crippen LogP contribution < -0.4 is 5.32 Å². The van der Waals surface area contributed by atoms with Crippen LogP contribution in [0.5, 0.6) is 0 Å². The maximum absolute atomic E-state index is 13.9. The van der Waals surface area contributed by atoms with Crippen molar-refractivity contribution >= 4 is 35.2 Å². The molecule has 4 rings (SSSR count). The van der Waals surface area contributed by atoms with Gasteiger partial charge in [-0.25, -0.2) is 4.79 Å². The first-order valence-corrected chi connectivity index (χ1v) is 13.3. The van der Waals surface area contributed by atoms with Gasteiger partial charge in [0.15, 0.2) is 12.1 Å². The van der Waals surface area contributed by atoms with E-state index >= 15 is 0 Å². The number of carbonyl (C=O) groups is 3. The van der Waals surface area contributed by atoms with Gasteiger partial charge in [0.2, 0.25) is 11.8 Å². The normalized spacial score (nSPS) is 20.3. The summed E-state index contributed by atoms with van der Waals surface area (Å²) in [6, 6.07) is 13.6. The average Bonchev–Trinajstić information content (AvgIpc) is 3.19. The molecule has 0 bridgehead atoms. The van der Waals surface area contributed by atoms with Crippen LogP contribution in [0.1, 0.15) is 44.4 Å². The lowest BCUT2D eigenvalue weighted by Gasteiger charge is -2.37. The summed E-state index contributed by atoms with van der Waals surface area (Å²) < 4.78 is 5.84. The molecular weight excluding hydrogens is 492 g/mol. The van der Waals surface area contributed by atoms with Gasteiger partial charge in [0, 0.05) is 43.3 Å². The summed E-state index contributed by atoms with van der Waals surface area (Å²) in [5.41, 5.74) is 2.08. The molecule has 2 atom stereocenters. The van der Waals surface area contributed by atoms with Gasteiger partial charge in [0.1, 0.15) is 0 Å². The highest BCUT2D eigenvalue weighted by Gasteiger charge is 2.48. The molecule has 2 aromatic carbocycles. The van der Waals surface area contributed by atoms with Crippen molar-refractivity contribution in [1.29, 1.82) is 0 Å². The topological polar surface area (TPSA) is 82.2 Å². The molecule has 2 heterocycles. The second-order valence-electron chi connectivity index (χ2n) is 10.0. The maximum atomic E-state index is 13.9. The minimum Gasteiger partial charge on any atom is -0.438 e. The molecule has 0 saturated carbocycles. The Morgan fingerprint density at radius 3 is 2.49 bits per heavy atom. The number of hydrogen-bond donors (Lipinski definition) is 1. The number of amides is 3. The zero-order valence-electron chi connectivity index (χ0n) is 21.7. The molecule has 1 N–H and O–H groups in total. The number of cyclic esters (lactones) is 1. The molecule has 37 heavy (non-hydrogen) atoms. The standard InChI is InChI=1S/C28H35ClN4O4/c1-4-31-11-13-32(14-12-31)27(35)25-26(21-8-6-10-23(17-21)30-24(34)15-19(2)3)37-28(36)33(25)18-20-7-5-9-22(29)16-20/h5-10,16-17,19,25-26H,4,11-15,18H2,1-3H3,(H,30,34). The Kier molecular flexibility index (Phi) is 8.71. The van der Waals surface area contributed by atoms with E-state index in [9.17, 15) is 14.4 Å². The van der Waals surface area contributed by atoms with Crippen LogP contribution in [0, 0.1) is 5.92 Å². The molecule has 2 saturated heterocycles. The Bertz CT molecular complexity index is 1130. The first kappa shape index (κ1) is 26.9. The van der Waals surface area contributed by atoms with E-state index in [4.69, 9.17) is 16.3 Å². The molecule has 2 aromatic rings. The van der Waals surface area contributed by atoms with Gasteiger partial charge in [0.25, 0.3) is 0 Å². The van der Waals surface area contributed by atoms with Crippen molar-refractivity contribution in [2.24, 2.45) is 5.92 Å².